The van der Waals surface area contributed by atoms with Gasteiger partial charge in [0.1, 0.15) is 25.1 Å². The molecule has 2 aliphatic heterocycles. The van der Waals surface area contributed by atoms with Crippen LogP contribution in [0.15, 0.2) is 52.4 Å². The maximum atomic E-state index is 13.0. The second-order valence-electron chi connectivity index (χ2n) is 7.09. The van der Waals surface area contributed by atoms with Gasteiger partial charge in [0.05, 0.1) is 4.90 Å². The summed E-state index contributed by atoms with van der Waals surface area (Å²) in [5.41, 5.74) is 1.05. The van der Waals surface area contributed by atoms with Crippen LogP contribution in [0.3, 0.4) is 0 Å². The van der Waals surface area contributed by atoms with E-state index in [2.05, 4.69) is 15.0 Å². The topological polar surface area (TPSA) is 106 Å². The zero-order valence-corrected chi connectivity index (χ0v) is 17.4. The summed E-state index contributed by atoms with van der Waals surface area (Å²) in [6, 6.07) is 11.1. The number of amides is 1. The fourth-order valence-electron chi connectivity index (χ4n) is 3.38. The maximum absolute atomic E-state index is 13.0. The van der Waals surface area contributed by atoms with E-state index >= 15 is 0 Å². The second kappa shape index (κ2) is 8.35. The largest absolute Gasteiger partial charge is 0.486 e. The third kappa shape index (κ3) is 4.11. The minimum absolute atomic E-state index is 0.172. The SMILES string of the molecule is CCCCC(N=C1NS(=O)(=O)c2ccccc21)C(=O)Nc1ccc2c(c1)OCCO2. The van der Waals surface area contributed by atoms with E-state index in [1.165, 1.54) is 6.07 Å². The summed E-state index contributed by atoms with van der Waals surface area (Å²) in [6.07, 6.45) is 2.17. The lowest BCUT2D eigenvalue weighted by molar-refractivity contribution is -0.117. The molecule has 8 nitrogen and oxygen atoms in total. The quantitative estimate of drug-likeness (QED) is 0.734. The van der Waals surface area contributed by atoms with Gasteiger partial charge in [-0.25, -0.2) is 8.42 Å². The number of fused-ring (bicyclic) bond motifs is 2. The highest BCUT2D eigenvalue weighted by Gasteiger charge is 2.31. The molecule has 1 atom stereocenters. The molecule has 0 saturated heterocycles. The smallest absolute Gasteiger partial charge is 0.263 e. The molecule has 2 heterocycles. The summed E-state index contributed by atoms with van der Waals surface area (Å²) in [5, 5.41) is 2.86. The molecule has 0 saturated carbocycles. The number of amidine groups is 1. The van der Waals surface area contributed by atoms with Crippen molar-refractivity contribution in [3.63, 3.8) is 0 Å². The third-order valence-corrected chi connectivity index (χ3v) is 6.29. The summed E-state index contributed by atoms with van der Waals surface area (Å²) < 4.78 is 38.2. The number of nitrogens with zero attached hydrogens (tertiary/aromatic N) is 1. The van der Waals surface area contributed by atoms with Crippen molar-refractivity contribution in [2.75, 3.05) is 18.5 Å². The average Bonchev–Trinajstić information content (AvgIpc) is 3.01. The lowest BCUT2D eigenvalue weighted by atomic mass is 10.1. The Bertz CT molecular complexity index is 1100. The summed E-state index contributed by atoms with van der Waals surface area (Å²) in [6.45, 7) is 2.97. The Morgan fingerprint density at radius 2 is 1.93 bits per heavy atom. The van der Waals surface area contributed by atoms with Crippen molar-refractivity contribution < 1.29 is 22.7 Å². The monoisotopic (exact) mass is 429 g/mol. The van der Waals surface area contributed by atoms with Crippen molar-refractivity contribution in [1.82, 2.24) is 4.72 Å². The molecule has 158 valence electrons. The van der Waals surface area contributed by atoms with Crippen LogP contribution in [-0.4, -0.2) is 39.4 Å². The number of sulfonamides is 1. The first-order chi connectivity index (χ1) is 14.5. The molecule has 4 rings (SSSR count). The Balaban J connectivity index is 1.59. The van der Waals surface area contributed by atoms with E-state index in [0.717, 1.165) is 12.8 Å². The fourth-order valence-corrected chi connectivity index (χ4v) is 4.62. The molecule has 2 aromatic rings. The van der Waals surface area contributed by atoms with Gasteiger partial charge in [-0.05, 0) is 30.7 Å². The summed E-state index contributed by atoms with van der Waals surface area (Å²) in [5.74, 6) is 1.10. The van der Waals surface area contributed by atoms with Crippen molar-refractivity contribution in [1.29, 1.82) is 0 Å². The molecule has 0 radical (unpaired) electrons. The Morgan fingerprint density at radius 3 is 2.73 bits per heavy atom. The van der Waals surface area contributed by atoms with Crippen molar-refractivity contribution in [3.8, 4) is 11.5 Å². The molecular formula is C21H23N3O5S. The second-order valence-corrected chi connectivity index (χ2v) is 8.74. The van der Waals surface area contributed by atoms with Crippen LogP contribution in [0.25, 0.3) is 0 Å². The van der Waals surface area contributed by atoms with Crippen molar-refractivity contribution in [3.05, 3.63) is 48.0 Å². The van der Waals surface area contributed by atoms with Crippen LogP contribution in [0.4, 0.5) is 5.69 Å². The number of aliphatic imine (C=N–C) groups is 1. The van der Waals surface area contributed by atoms with Crippen LogP contribution >= 0.6 is 0 Å². The molecule has 0 aromatic heterocycles. The molecule has 0 bridgehead atoms. The van der Waals surface area contributed by atoms with Crippen molar-refractivity contribution in [2.24, 2.45) is 4.99 Å². The van der Waals surface area contributed by atoms with Crippen LogP contribution in [0.1, 0.15) is 31.7 Å². The molecule has 1 amide bonds. The zero-order chi connectivity index (χ0) is 21.1. The van der Waals surface area contributed by atoms with E-state index in [1.54, 1.807) is 36.4 Å². The van der Waals surface area contributed by atoms with Crippen molar-refractivity contribution in [2.45, 2.75) is 37.1 Å². The van der Waals surface area contributed by atoms with Gasteiger partial charge < -0.3 is 14.8 Å². The predicted molar refractivity (Wildman–Crippen MR) is 113 cm³/mol. The molecule has 0 aliphatic carbocycles. The molecule has 1 unspecified atom stereocenters. The Morgan fingerprint density at radius 1 is 1.17 bits per heavy atom. The first-order valence-electron chi connectivity index (χ1n) is 9.88. The van der Waals surface area contributed by atoms with Crippen molar-refractivity contribution >= 4 is 27.5 Å². The Kier molecular flexibility index (Phi) is 5.63. The Labute approximate surface area is 175 Å². The van der Waals surface area contributed by atoms with E-state index in [1.807, 2.05) is 6.92 Å². The summed E-state index contributed by atoms with van der Waals surface area (Å²) >= 11 is 0. The molecule has 2 aliphatic rings. The maximum Gasteiger partial charge on any atom is 0.263 e. The van der Waals surface area contributed by atoms with Crippen LogP contribution in [0.2, 0.25) is 0 Å². The van der Waals surface area contributed by atoms with Gasteiger partial charge in [-0.2, -0.15) is 0 Å². The molecule has 0 spiro atoms. The van der Waals surface area contributed by atoms with E-state index in [-0.39, 0.29) is 16.6 Å². The van der Waals surface area contributed by atoms with Crippen LogP contribution in [0, 0.1) is 0 Å². The van der Waals surface area contributed by atoms with Gasteiger partial charge in [0.15, 0.2) is 11.5 Å². The normalized spacial score (nSPS) is 18.4. The van der Waals surface area contributed by atoms with Crippen LogP contribution in [0.5, 0.6) is 11.5 Å². The number of nitrogens with one attached hydrogen (secondary N) is 2. The number of unbranched alkanes of at least 4 members (excludes halogenated alkanes) is 1. The van der Waals surface area contributed by atoms with E-state index in [0.29, 0.717) is 42.4 Å². The molecule has 2 N–H and O–H groups in total. The zero-order valence-electron chi connectivity index (χ0n) is 16.6. The summed E-state index contributed by atoms with van der Waals surface area (Å²) in [7, 11) is -3.66. The van der Waals surface area contributed by atoms with Gasteiger partial charge in [-0.15, -0.1) is 0 Å². The predicted octanol–water partition coefficient (Wildman–Crippen LogP) is 2.69. The van der Waals surface area contributed by atoms with E-state index < -0.39 is 16.1 Å². The first-order valence-corrected chi connectivity index (χ1v) is 11.4. The van der Waals surface area contributed by atoms with Gasteiger partial charge in [-0.3, -0.25) is 14.5 Å². The summed E-state index contributed by atoms with van der Waals surface area (Å²) in [4.78, 5) is 17.6. The Hall–Kier alpha value is -3.07. The van der Waals surface area contributed by atoms with Gasteiger partial charge in [0.25, 0.3) is 10.0 Å². The number of carbonyl (C=O) groups is 1. The lowest BCUT2D eigenvalue weighted by Crippen LogP contribution is -2.30. The number of hydrogen-bond acceptors (Lipinski definition) is 6. The molecule has 9 heteroatoms. The first kappa shape index (κ1) is 20.2. The number of rotatable bonds is 6. The fraction of sp³-hybridized carbons (Fsp3) is 0.333. The minimum Gasteiger partial charge on any atom is -0.486 e. The highest BCUT2D eigenvalue weighted by Crippen LogP contribution is 2.32. The standard InChI is InChI=1S/C21H23N3O5S/c1-2-3-7-16(23-20-15-6-4-5-8-19(15)30(26,27)24-20)21(25)22-14-9-10-17-18(13-14)29-12-11-28-17/h4-6,8-10,13,16H,2-3,7,11-12H2,1H3,(H,22,25)(H,23,24). The molecule has 0 fully saturated rings. The van der Waals surface area contributed by atoms with Gasteiger partial charge in [-0.1, -0.05) is 31.9 Å². The number of anilines is 1. The van der Waals surface area contributed by atoms with E-state index in [9.17, 15) is 13.2 Å². The highest BCUT2D eigenvalue weighted by atomic mass is 32.2. The van der Waals surface area contributed by atoms with Crippen LogP contribution in [-0.2, 0) is 14.8 Å². The number of ether oxygens (including phenoxy) is 2. The number of carbonyl (C=O) groups excluding carboxylic acids is 1. The van der Waals surface area contributed by atoms with Gasteiger partial charge in [0, 0.05) is 17.3 Å². The van der Waals surface area contributed by atoms with Crippen LogP contribution < -0.4 is 19.5 Å². The van der Waals surface area contributed by atoms with Gasteiger partial charge in [0.2, 0.25) is 5.91 Å². The highest BCUT2D eigenvalue weighted by molar-refractivity contribution is 7.90. The minimum atomic E-state index is -3.66. The third-order valence-electron chi connectivity index (χ3n) is 4.89. The average molecular weight is 429 g/mol. The van der Waals surface area contributed by atoms with Gasteiger partial charge >= 0.3 is 0 Å². The lowest BCUT2D eigenvalue weighted by Gasteiger charge is -2.19. The number of hydrogen-bond donors (Lipinski definition) is 2. The molecule has 2 aromatic carbocycles. The van der Waals surface area contributed by atoms with E-state index in [4.69, 9.17) is 9.47 Å². The molecular weight excluding hydrogens is 406 g/mol. The number of benzene rings is 2. The molecule has 30 heavy (non-hydrogen) atoms.